The van der Waals surface area contributed by atoms with Crippen LogP contribution in [-0.2, 0) is 9.53 Å². The second kappa shape index (κ2) is 5.53. The molecule has 2 amide bonds. The highest BCUT2D eigenvalue weighted by molar-refractivity contribution is 5.81. The summed E-state index contributed by atoms with van der Waals surface area (Å²) in [5.41, 5.74) is 0.977. The molecule has 0 aliphatic carbocycles. The van der Waals surface area contributed by atoms with Crippen molar-refractivity contribution in [1.29, 1.82) is 0 Å². The van der Waals surface area contributed by atoms with Crippen LogP contribution < -0.4 is 10.6 Å². The maximum Gasteiger partial charge on any atom is 0.407 e. The van der Waals surface area contributed by atoms with Gasteiger partial charge in [0.1, 0.15) is 0 Å². The first-order chi connectivity index (χ1) is 8.70. The van der Waals surface area contributed by atoms with Crippen LogP contribution in [0.25, 0.3) is 0 Å². The van der Waals surface area contributed by atoms with Gasteiger partial charge in [-0.25, -0.2) is 4.79 Å². The fourth-order valence-corrected chi connectivity index (χ4v) is 2.09. The van der Waals surface area contributed by atoms with Crippen LogP contribution in [-0.4, -0.2) is 24.6 Å². The molecule has 5 heteroatoms. The minimum Gasteiger partial charge on any atom is -0.450 e. The summed E-state index contributed by atoms with van der Waals surface area (Å²) in [7, 11) is 0. The van der Waals surface area contributed by atoms with E-state index in [9.17, 15) is 9.59 Å². The van der Waals surface area contributed by atoms with E-state index in [1.54, 1.807) is 6.92 Å². The molecule has 0 bridgehead atoms. The largest absolute Gasteiger partial charge is 0.450 e. The van der Waals surface area contributed by atoms with Crippen molar-refractivity contribution in [3.8, 4) is 0 Å². The SMILES string of the molecule is CCOC(=O)N[C@H]1CC(=O)N[C@@H]1c1ccccc1. The number of amides is 2. The third-order valence-corrected chi connectivity index (χ3v) is 2.86. The molecule has 1 fully saturated rings. The molecule has 0 radical (unpaired) electrons. The number of rotatable bonds is 3. The Balaban J connectivity index is 2.08. The number of hydrogen-bond acceptors (Lipinski definition) is 3. The van der Waals surface area contributed by atoms with E-state index in [0.29, 0.717) is 6.61 Å². The summed E-state index contributed by atoms with van der Waals surface area (Å²) >= 11 is 0. The van der Waals surface area contributed by atoms with E-state index < -0.39 is 6.09 Å². The Morgan fingerprint density at radius 3 is 2.83 bits per heavy atom. The Hall–Kier alpha value is -2.04. The summed E-state index contributed by atoms with van der Waals surface area (Å²) in [5, 5.41) is 5.57. The molecule has 2 atom stereocenters. The first-order valence-corrected chi connectivity index (χ1v) is 5.98. The number of alkyl carbamates (subject to hydrolysis) is 1. The molecule has 5 nitrogen and oxygen atoms in total. The predicted molar refractivity (Wildman–Crippen MR) is 65.9 cm³/mol. The van der Waals surface area contributed by atoms with Crippen molar-refractivity contribution >= 4 is 12.0 Å². The zero-order valence-electron chi connectivity index (χ0n) is 10.2. The van der Waals surface area contributed by atoms with Crippen LogP contribution in [0.4, 0.5) is 4.79 Å². The predicted octanol–water partition coefficient (Wildman–Crippen LogP) is 1.36. The average Bonchev–Trinajstić information content (AvgIpc) is 2.71. The third-order valence-electron chi connectivity index (χ3n) is 2.86. The molecule has 1 aromatic rings. The second-order valence-corrected chi connectivity index (χ2v) is 4.13. The van der Waals surface area contributed by atoms with Crippen molar-refractivity contribution in [1.82, 2.24) is 10.6 Å². The van der Waals surface area contributed by atoms with Crippen LogP contribution in [0.2, 0.25) is 0 Å². The minimum atomic E-state index is -0.486. The van der Waals surface area contributed by atoms with Crippen molar-refractivity contribution in [3.63, 3.8) is 0 Å². The topological polar surface area (TPSA) is 67.4 Å². The van der Waals surface area contributed by atoms with Gasteiger partial charge in [-0.3, -0.25) is 4.79 Å². The molecule has 1 saturated heterocycles. The van der Waals surface area contributed by atoms with Crippen LogP contribution in [0, 0.1) is 0 Å². The lowest BCUT2D eigenvalue weighted by molar-refractivity contribution is -0.119. The maximum absolute atomic E-state index is 11.5. The highest BCUT2D eigenvalue weighted by atomic mass is 16.5. The summed E-state index contributed by atoms with van der Waals surface area (Å²) < 4.78 is 4.83. The molecule has 2 rings (SSSR count). The van der Waals surface area contributed by atoms with Crippen molar-refractivity contribution < 1.29 is 14.3 Å². The molecule has 0 saturated carbocycles. The van der Waals surface area contributed by atoms with Gasteiger partial charge in [0, 0.05) is 6.42 Å². The normalized spacial score (nSPS) is 22.4. The zero-order chi connectivity index (χ0) is 13.0. The summed E-state index contributed by atoms with van der Waals surface area (Å²) in [6.45, 7) is 2.06. The highest BCUT2D eigenvalue weighted by Gasteiger charge is 2.34. The molecule has 1 aliphatic heterocycles. The molecular formula is C13H16N2O3. The van der Waals surface area contributed by atoms with Gasteiger partial charge in [0.2, 0.25) is 5.91 Å². The van der Waals surface area contributed by atoms with Gasteiger partial charge in [-0.2, -0.15) is 0 Å². The molecule has 2 N–H and O–H groups in total. The first kappa shape index (κ1) is 12.4. The van der Waals surface area contributed by atoms with E-state index in [1.807, 2.05) is 30.3 Å². The van der Waals surface area contributed by atoms with Crippen molar-refractivity contribution in [2.24, 2.45) is 0 Å². The molecule has 0 spiro atoms. The monoisotopic (exact) mass is 248 g/mol. The van der Waals surface area contributed by atoms with E-state index in [-0.39, 0.29) is 24.4 Å². The fraction of sp³-hybridized carbons (Fsp3) is 0.385. The molecule has 0 aromatic heterocycles. The van der Waals surface area contributed by atoms with Gasteiger partial charge >= 0.3 is 6.09 Å². The van der Waals surface area contributed by atoms with Gasteiger partial charge in [0.25, 0.3) is 0 Å². The number of carbonyl (C=O) groups is 2. The fourth-order valence-electron chi connectivity index (χ4n) is 2.09. The molecular weight excluding hydrogens is 232 g/mol. The lowest BCUT2D eigenvalue weighted by atomic mass is 10.0. The molecule has 1 aromatic carbocycles. The molecule has 0 unspecified atom stereocenters. The van der Waals surface area contributed by atoms with Gasteiger partial charge in [-0.05, 0) is 12.5 Å². The summed E-state index contributed by atoms with van der Waals surface area (Å²) in [5.74, 6) is -0.0642. The van der Waals surface area contributed by atoms with Crippen molar-refractivity contribution in [3.05, 3.63) is 35.9 Å². The Labute approximate surface area is 106 Å². The molecule has 18 heavy (non-hydrogen) atoms. The Morgan fingerprint density at radius 1 is 1.44 bits per heavy atom. The summed E-state index contributed by atoms with van der Waals surface area (Å²) in [6, 6.07) is 9.12. The van der Waals surface area contributed by atoms with Crippen LogP contribution >= 0.6 is 0 Å². The molecule has 1 heterocycles. The van der Waals surface area contributed by atoms with Gasteiger partial charge in [-0.15, -0.1) is 0 Å². The first-order valence-electron chi connectivity index (χ1n) is 5.98. The molecule has 96 valence electrons. The van der Waals surface area contributed by atoms with Gasteiger partial charge in [-0.1, -0.05) is 30.3 Å². The van der Waals surface area contributed by atoms with E-state index >= 15 is 0 Å². The zero-order valence-corrected chi connectivity index (χ0v) is 10.2. The Morgan fingerprint density at radius 2 is 2.17 bits per heavy atom. The van der Waals surface area contributed by atoms with Crippen LogP contribution in [0.3, 0.4) is 0 Å². The van der Waals surface area contributed by atoms with E-state index in [1.165, 1.54) is 0 Å². The number of benzene rings is 1. The maximum atomic E-state index is 11.5. The van der Waals surface area contributed by atoms with Crippen LogP contribution in [0.5, 0.6) is 0 Å². The van der Waals surface area contributed by atoms with E-state index in [4.69, 9.17) is 4.74 Å². The van der Waals surface area contributed by atoms with E-state index in [2.05, 4.69) is 10.6 Å². The minimum absolute atomic E-state index is 0.0642. The number of ether oxygens (including phenoxy) is 1. The summed E-state index contributed by atoms with van der Waals surface area (Å²) in [6.07, 6.45) is -0.210. The van der Waals surface area contributed by atoms with Gasteiger partial charge in [0.15, 0.2) is 0 Å². The lowest BCUT2D eigenvalue weighted by Gasteiger charge is -2.20. The average molecular weight is 248 g/mol. The number of carbonyl (C=O) groups excluding carboxylic acids is 2. The van der Waals surface area contributed by atoms with Crippen LogP contribution in [0.15, 0.2) is 30.3 Å². The quantitative estimate of drug-likeness (QED) is 0.848. The van der Waals surface area contributed by atoms with Gasteiger partial charge < -0.3 is 15.4 Å². The number of hydrogen-bond donors (Lipinski definition) is 2. The van der Waals surface area contributed by atoms with Crippen molar-refractivity contribution in [2.75, 3.05) is 6.61 Å². The standard InChI is InChI=1S/C13H16N2O3/c1-2-18-13(17)14-10-8-11(16)15-12(10)9-6-4-3-5-7-9/h3-7,10,12H,2,8H2,1H3,(H,14,17)(H,15,16)/t10-,12+/m0/s1. The highest BCUT2D eigenvalue weighted by Crippen LogP contribution is 2.24. The Kier molecular flexibility index (Phi) is 3.82. The number of nitrogens with one attached hydrogen (secondary N) is 2. The van der Waals surface area contributed by atoms with Gasteiger partial charge in [0.05, 0.1) is 18.7 Å². The van der Waals surface area contributed by atoms with E-state index in [0.717, 1.165) is 5.56 Å². The van der Waals surface area contributed by atoms with Crippen molar-refractivity contribution in [2.45, 2.75) is 25.4 Å². The smallest absolute Gasteiger partial charge is 0.407 e. The second-order valence-electron chi connectivity index (χ2n) is 4.13. The third kappa shape index (κ3) is 2.80. The Bertz CT molecular complexity index is 433. The summed E-state index contributed by atoms with van der Waals surface area (Å²) in [4.78, 5) is 22.9. The molecule has 1 aliphatic rings. The lowest BCUT2D eigenvalue weighted by Crippen LogP contribution is -2.38. The van der Waals surface area contributed by atoms with Crippen LogP contribution in [0.1, 0.15) is 24.9 Å².